The molecule has 0 unspecified atom stereocenters. The van der Waals surface area contributed by atoms with Crippen LogP contribution in [0.25, 0.3) is 0 Å². The fourth-order valence-corrected chi connectivity index (χ4v) is 3.40. The monoisotopic (exact) mass is 539 g/mol. The summed E-state index contributed by atoms with van der Waals surface area (Å²) in [6, 6.07) is 14.5. The number of anilines is 1. The van der Waals surface area contributed by atoms with Gasteiger partial charge in [0.2, 0.25) is 0 Å². The third-order valence-corrected chi connectivity index (χ3v) is 4.98. The van der Waals surface area contributed by atoms with Crippen LogP contribution in [0.1, 0.15) is 30.9 Å². The van der Waals surface area contributed by atoms with Crippen LogP contribution in [0.2, 0.25) is 0 Å². The number of rotatable bonds is 7. The molecule has 0 spiro atoms. The summed E-state index contributed by atoms with van der Waals surface area (Å²) in [4.78, 5) is 18.7. The quantitative estimate of drug-likeness (QED) is 0.278. The van der Waals surface area contributed by atoms with Crippen LogP contribution in [-0.4, -0.2) is 43.1 Å². The van der Waals surface area contributed by atoms with Crippen molar-refractivity contribution in [2.24, 2.45) is 4.99 Å². The fourth-order valence-electron chi connectivity index (χ4n) is 3.40. The third-order valence-electron chi connectivity index (χ3n) is 4.98. The van der Waals surface area contributed by atoms with Gasteiger partial charge in [0.1, 0.15) is 5.82 Å². The first-order chi connectivity index (χ1) is 14.7. The first kappa shape index (κ1) is 24.9. The number of benzene rings is 2. The van der Waals surface area contributed by atoms with E-state index in [1.165, 1.54) is 6.07 Å². The van der Waals surface area contributed by atoms with Gasteiger partial charge < -0.3 is 20.9 Å². The maximum absolute atomic E-state index is 13.8. The number of aliphatic imine (C=N–C) groups is 1. The van der Waals surface area contributed by atoms with E-state index in [1.54, 1.807) is 12.1 Å². The summed E-state index contributed by atoms with van der Waals surface area (Å²) >= 11 is 0. The van der Waals surface area contributed by atoms with Gasteiger partial charge in [0.15, 0.2) is 5.96 Å². The predicted molar refractivity (Wildman–Crippen MR) is 135 cm³/mol. The molecule has 2 amide bonds. The van der Waals surface area contributed by atoms with E-state index in [0.29, 0.717) is 31.0 Å². The number of urea groups is 1. The van der Waals surface area contributed by atoms with Gasteiger partial charge in [0, 0.05) is 31.9 Å². The Morgan fingerprint density at radius 3 is 2.61 bits per heavy atom. The second kappa shape index (κ2) is 13.1. The van der Waals surface area contributed by atoms with E-state index in [4.69, 9.17) is 0 Å². The van der Waals surface area contributed by atoms with Crippen molar-refractivity contribution in [1.29, 1.82) is 0 Å². The normalized spacial score (nSPS) is 13.5. The number of carbonyl (C=O) groups excluding carboxylic acids is 1. The van der Waals surface area contributed by atoms with Gasteiger partial charge in [-0.3, -0.25) is 0 Å². The van der Waals surface area contributed by atoms with E-state index >= 15 is 0 Å². The van der Waals surface area contributed by atoms with E-state index < -0.39 is 0 Å². The molecular formula is C23H31FIN5O. The Morgan fingerprint density at radius 2 is 1.87 bits per heavy atom. The molecule has 0 aliphatic carbocycles. The molecule has 6 nitrogen and oxygen atoms in total. The van der Waals surface area contributed by atoms with Gasteiger partial charge in [-0.15, -0.1) is 24.0 Å². The molecule has 8 heteroatoms. The van der Waals surface area contributed by atoms with Crippen LogP contribution in [0.15, 0.2) is 53.5 Å². The van der Waals surface area contributed by atoms with E-state index in [-0.39, 0.29) is 35.8 Å². The molecule has 168 valence electrons. The minimum Gasteiger partial charge on any atom is -0.357 e. The van der Waals surface area contributed by atoms with Crippen molar-refractivity contribution in [3.63, 3.8) is 0 Å². The number of hydrogen-bond donors (Lipinski definition) is 3. The summed E-state index contributed by atoms with van der Waals surface area (Å²) in [5.41, 5.74) is 2.46. The first-order valence-electron chi connectivity index (χ1n) is 10.6. The molecule has 1 aliphatic rings. The number of nitrogens with one attached hydrogen (secondary N) is 3. The maximum Gasteiger partial charge on any atom is 0.321 e. The van der Waals surface area contributed by atoms with E-state index in [1.807, 2.05) is 42.2 Å². The molecule has 1 heterocycles. The van der Waals surface area contributed by atoms with Crippen molar-refractivity contribution < 1.29 is 9.18 Å². The van der Waals surface area contributed by atoms with Crippen LogP contribution in [0.5, 0.6) is 0 Å². The SMILES string of the molecule is CCNC(=NCc1cccc(NC(=O)N2CCCC2)c1)NCCc1ccccc1F.I. The number of carbonyl (C=O) groups is 1. The molecule has 0 bridgehead atoms. The molecule has 0 saturated carbocycles. The highest BCUT2D eigenvalue weighted by Crippen LogP contribution is 2.14. The molecule has 1 fully saturated rings. The molecule has 2 aromatic carbocycles. The topological polar surface area (TPSA) is 68.8 Å². The number of nitrogens with zero attached hydrogens (tertiary/aromatic N) is 2. The van der Waals surface area contributed by atoms with Gasteiger partial charge in [-0.05, 0) is 55.5 Å². The van der Waals surface area contributed by atoms with E-state index in [2.05, 4.69) is 20.9 Å². The van der Waals surface area contributed by atoms with E-state index in [9.17, 15) is 9.18 Å². The first-order valence-corrected chi connectivity index (χ1v) is 10.6. The van der Waals surface area contributed by atoms with Crippen molar-refractivity contribution in [2.45, 2.75) is 32.7 Å². The summed E-state index contributed by atoms with van der Waals surface area (Å²) in [6.07, 6.45) is 2.72. The lowest BCUT2D eigenvalue weighted by molar-refractivity contribution is 0.222. The minimum atomic E-state index is -0.186. The zero-order chi connectivity index (χ0) is 21.2. The summed E-state index contributed by atoms with van der Waals surface area (Å²) in [5, 5.41) is 9.42. The molecule has 0 radical (unpaired) electrons. The van der Waals surface area contributed by atoms with Gasteiger partial charge >= 0.3 is 6.03 Å². The molecule has 0 aromatic heterocycles. The Bertz CT molecular complexity index is 871. The van der Waals surface area contributed by atoms with Gasteiger partial charge in [-0.2, -0.15) is 0 Å². The molecule has 3 N–H and O–H groups in total. The highest BCUT2D eigenvalue weighted by molar-refractivity contribution is 14.0. The largest absolute Gasteiger partial charge is 0.357 e. The Kier molecular flexibility index (Phi) is 10.6. The number of halogens is 2. The minimum absolute atomic E-state index is 0. The third kappa shape index (κ3) is 8.01. The molecular weight excluding hydrogens is 508 g/mol. The zero-order valence-corrected chi connectivity index (χ0v) is 20.2. The Balaban J connectivity index is 0.00000341. The van der Waals surface area contributed by atoms with Crippen molar-refractivity contribution in [2.75, 3.05) is 31.5 Å². The average Bonchev–Trinajstić information content (AvgIpc) is 3.29. The lowest BCUT2D eigenvalue weighted by Crippen LogP contribution is -2.38. The molecule has 1 aliphatic heterocycles. The van der Waals surface area contributed by atoms with Crippen molar-refractivity contribution >= 4 is 41.7 Å². The summed E-state index contributed by atoms with van der Waals surface area (Å²) in [6.45, 7) is 5.43. The Hall–Kier alpha value is -2.36. The number of hydrogen-bond acceptors (Lipinski definition) is 2. The number of amides is 2. The summed E-state index contributed by atoms with van der Waals surface area (Å²) < 4.78 is 13.8. The smallest absolute Gasteiger partial charge is 0.321 e. The maximum atomic E-state index is 13.8. The Labute approximate surface area is 200 Å². The van der Waals surface area contributed by atoms with Gasteiger partial charge in [-0.1, -0.05) is 30.3 Å². The van der Waals surface area contributed by atoms with Crippen molar-refractivity contribution in [3.05, 3.63) is 65.5 Å². The lowest BCUT2D eigenvalue weighted by atomic mass is 10.1. The fraction of sp³-hybridized carbons (Fsp3) is 0.391. The second-order valence-electron chi connectivity index (χ2n) is 7.29. The van der Waals surface area contributed by atoms with Crippen LogP contribution in [0.4, 0.5) is 14.9 Å². The van der Waals surface area contributed by atoms with Crippen LogP contribution in [0, 0.1) is 5.82 Å². The molecule has 2 aromatic rings. The highest BCUT2D eigenvalue weighted by atomic mass is 127. The zero-order valence-electron chi connectivity index (χ0n) is 17.9. The summed E-state index contributed by atoms with van der Waals surface area (Å²) in [5.74, 6) is 0.495. The standard InChI is InChI=1S/C23H30FN5O.HI/c1-2-25-22(26-13-12-19-9-3-4-11-21(19)24)27-17-18-8-7-10-20(16-18)28-23(30)29-14-5-6-15-29;/h3-4,7-11,16H,2,5-6,12-15,17H2,1H3,(H,28,30)(H2,25,26,27);1H. The van der Waals surface area contributed by atoms with Crippen molar-refractivity contribution in [3.8, 4) is 0 Å². The number of likely N-dealkylation sites (tertiary alicyclic amines) is 1. The lowest BCUT2D eigenvalue weighted by Gasteiger charge is -2.16. The van der Waals surface area contributed by atoms with Gasteiger partial charge in [0.05, 0.1) is 6.54 Å². The molecule has 0 atom stereocenters. The van der Waals surface area contributed by atoms with Crippen LogP contribution in [-0.2, 0) is 13.0 Å². The molecule has 31 heavy (non-hydrogen) atoms. The second-order valence-corrected chi connectivity index (χ2v) is 7.29. The van der Waals surface area contributed by atoms with Crippen LogP contribution in [0.3, 0.4) is 0 Å². The molecule has 1 saturated heterocycles. The Morgan fingerprint density at radius 1 is 1.10 bits per heavy atom. The van der Waals surface area contributed by atoms with Crippen LogP contribution < -0.4 is 16.0 Å². The van der Waals surface area contributed by atoms with Gasteiger partial charge in [-0.25, -0.2) is 14.2 Å². The summed E-state index contributed by atoms with van der Waals surface area (Å²) in [7, 11) is 0. The average molecular weight is 539 g/mol. The highest BCUT2D eigenvalue weighted by Gasteiger charge is 2.17. The van der Waals surface area contributed by atoms with Gasteiger partial charge in [0.25, 0.3) is 0 Å². The molecule has 3 rings (SSSR count). The van der Waals surface area contributed by atoms with Crippen molar-refractivity contribution in [1.82, 2.24) is 15.5 Å². The predicted octanol–water partition coefficient (Wildman–Crippen LogP) is 4.37. The number of guanidine groups is 1. The van der Waals surface area contributed by atoms with Crippen LogP contribution >= 0.6 is 24.0 Å². The van der Waals surface area contributed by atoms with E-state index in [0.717, 1.165) is 43.7 Å².